The van der Waals surface area contributed by atoms with E-state index in [1.807, 2.05) is 66.9 Å². The summed E-state index contributed by atoms with van der Waals surface area (Å²) in [5.74, 6) is 1.89. The number of pyridine rings is 1. The molecule has 0 aliphatic carbocycles. The minimum atomic E-state index is 0.618. The first kappa shape index (κ1) is 36.5. The fourth-order valence-electron chi connectivity index (χ4n) is 8.90. The second kappa shape index (κ2) is 15.0. The summed E-state index contributed by atoms with van der Waals surface area (Å²) in [4.78, 5) is 23.9. The fourth-order valence-corrected chi connectivity index (χ4v) is 10.0. The molecule has 5 nitrogen and oxygen atoms in total. The molecule has 0 saturated heterocycles. The summed E-state index contributed by atoms with van der Waals surface area (Å²) >= 11 is 1.79. The zero-order valence-electron chi connectivity index (χ0n) is 33.7. The minimum absolute atomic E-state index is 0.618. The van der Waals surface area contributed by atoms with Gasteiger partial charge in [0, 0.05) is 54.0 Å². The van der Waals surface area contributed by atoms with Crippen LogP contribution in [0, 0.1) is 6.57 Å². The second-order valence-corrected chi connectivity index (χ2v) is 16.8. The van der Waals surface area contributed by atoms with Gasteiger partial charge in [0.15, 0.2) is 23.2 Å². The van der Waals surface area contributed by atoms with Gasteiger partial charge in [0.05, 0.1) is 12.1 Å². The first-order valence-electron chi connectivity index (χ1n) is 20.8. The quantitative estimate of drug-likeness (QED) is 0.124. The van der Waals surface area contributed by atoms with Crippen molar-refractivity contribution in [3.8, 4) is 67.5 Å². The van der Waals surface area contributed by atoms with Crippen molar-refractivity contribution < 1.29 is 0 Å². The van der Waals surface area contributed by atoms with E-state index in [0.717, 1.165) is 71.7 Å². The van der Waals surface area contributed by atoms with Crippen LogP contribution in [-0.2, 0) is 0 Å². The topological polar surface area (TPSA) is 55.9 Å². The molecular formula is C57H33N5S. The Hall–Kier alpha value is -8.37. The Balaban J connectivity index is 0.993. The van der Waals surface area contributed by atoms with Gasteiger partial charge in [0.1, 0.15) is 0 Å². The number of hydrogen-bond acceptors (Lipinski definition) is 5. The van der Waals surface area contributed by atoms with Crippen molar-refractivity contribution in [2.45, 2.75) is 0 Å². The van der Waals surface area contributed by atoms with Gasteiger partial charge in [-0.05, 0) is 85.8 Å². The van der Waals surface area contributed by atoms with E-state index in [9.17, 15) is 0 Å². The Kier molecular flexibility index (Phi) is 8.67. The number of benzene rings is 9. The maximum absolute atomic E-state index is 7.32. The van der Waals surface area contributed by atoms with Crippen LogP contribution in [0.25, 0.3) is 125 Å². The molecule has 0 aliphatic heterocycles. The predicted molar refractivity (Wildman–Crippen MR) is 262 cm³/mol. The Morgan fingerprint density at radius 3 is 1.68 bits per heavy atom. The Morgan fingerprint density at radius 2 is 0.905 bits per heavy atom. The number of thiophene rings is 1. The van der Waals surface area contributed by atoms with Crippen molar-refractivity contribution in [2.75, 3.05) is 0 Å². The van der Waals surface area contributed by atoms with E-state index >= 15 is 0 Å². The summed E-state index contributed by atoms with van der Waals surface area (Å²) in [6, 6.07) is 67.7. The van der Waals surface area contributed by atoms with Crippen LogP contribution in [0.4, 0.5) is 5.69 Å². The van der Waals surface area contributed by atoms with E-state index in [1.54, 1.807) is 11.3 Å². The van der Waals surface area contributed by atoms with Crippen molar-refractivity contribution in [3.05, 3.63) is 212 Å². The number of aromatic nitrogens is 4. The second-order valence-electron chi connectivity index (χ2n) is 15.7. The van der Waals surface area contributed by atoms with Gasteiger partial charge in [0.25, 0.3) is 0 Å². The number of nitrogens with zero attached hydrogens (tertiary/aromatic N) is 5. The lowest BCUT2D eigenvalue weighted by molar-refractivity contribution is 1.07. The normalized spacial score (nSPS) is 11.5. The van der Waals surface area contributed by atoms with Gasteiger partial charge in [-0.3, -0.25) is 4.98 Å². The van der Waals surface area contributed by atoms with Crippen LogP contribution in [0.5, 0.6) is 0 Å². The number of rotatable bonds is 6. The average Bonchev–Trinajstić information content (AvgIpc) is 3.74. The zero-order valence-corrected chi connectivity index (χ0v) is 34.5. The van der Waals surface area contributed by atoms with Crippen molar-refractivity contribution in [3.63, 3.8) is 0 Å². The van der Waals surface area contributed by atoms with E-state index < -0.39 is 0 Å². The average molecular weight is 820 g/mol. The summed E-state index contributed by atoms with van der Waals surface area (Å²) < 4.78 is 2.47. The van der Waals surface area contributed by atoms with Crippen molar-refractivity contribution in [2.24, 2.45) is 0 Å². The molecule has 3 aromatic heterocycles. The smallest absolute Gasteiger partial charge is 0.187 e. The van der Waals surface area contributed by atoms with Crippen molar-refractivity contribution in [1.82, 2.24) is 19.9 Å². The fraction of sp³-hybridized carbons (Fsp3) is 0. The number of hydrogen-bond donors (Lipinski definition) is 0. The molecule has 12 rings (SSSR count). The molecule has 0 aliphatic rings. The van der Waals surface area contributed by atoms with Gasteiger partial charge < -0.3 is 0 Å². The molecule has 0 amide bonds. The largest absolute Gasteiger partial charge is 0.256 e. The van der Waals surface area contributed by atoms with Gasteiger partial charge >= 0.3 is 0 Å². The molecule has 0 N–H and O–H groups in total. The molecular weight excluding hydrogens is 787 g/mol. The monoisotopic (exact) mass is 819 g/mol. The molecule has 0 radical (unpaired) electrons. The van der Waals surface area contributed by atoms with E-state index in [1.165, 1.54) is 30.9 Å². The lowest BCUT2D eigenvalue weighted by Crippen LogP contribution is -2.00. The molecule has 0 fully saturated rings. The molecule has 0 unspecified atom stereocenters. The van der Waals surface area contributed by atoms with Crippen molar-refractivity contribution >= 4 is 69.6 Å². The summed E-state index contributed by atoms with van der Waals surface area (Å²) in [7, 11) is 0. The van der Waals surface area contributed by atoms with Crippen LogP contribution in [-0.4, -0.2) is 19.9 Å². The van der Waals surface area contributed by atoms with Crippen LogP contribution in [0.1, 0.15) is 0 Å². The Morgan fingerprint density at radius 1 is 0.349 bits per heavy atom. The SMILES string of the molecule is [C-]#[N+]c1ccc(-c2ccc(-c3cc4c5ccccc5c(-c5cccc(-c6nc(-c7ccccc7)nc(-c7ccc8c(c7)sc7ccccc78)n6)c5)cc4c4cccnc34)cc2)cc1. The van der Waals surface area contributed by atoms with E-state index in [2.05, 4.69) is 138 Å². The third kappa shape index (κ3) is 6.39. The third-order valence-electron chi connectivity index (χ3n) is 12.0. The van der Waals surface area contributed by atoms with Gasteiger partial charge in [-0.2, -0.15) is 0 Å². The van der Waals surface area contributed by atoms with E-state index in [4.69, 9.17) is 26.5 Å². The molecule has 6 heteroatoms. The van der Waals surface area contributed by atoms with Crippen LogP contribution < -0.4 is 0 Å². The molecule has 292 valence electrons. The lowest BCUT2D eigenvalue weighted by Gasteiger charge is -2.16. The maximum atomic E-state index is 7.32. The third-order valence-corrected chi connectivity index (χ3v) is 13.1. The summed E-state index contributed by atoms with van der Waals surface area (Å²) in [5.41, 5.74) is 10.9. The van der Waals surface area contributed by atoms with Crippen LogP contribution in [0.3, 0.4) is 0 Å². The Labute approximate surface area is 367 Å². The van der Waals surface area contributed by atoms with Gasteiger partial charge in [-0.15, -0.1) is 11.3 Å². The van der Waals surface area contributed by atoms with Gasteiger partial charge in [-0.25, -0.2) is 19.8 Å². The van der Waals surface area contributed by atoms with Gasteiger partial charge in [0.2, 0.25) is 0 Å². The molecule has 0 spiro atoms. The number of fused-ring (bicyclic) bond motifs is 8. The summed E-state index contributed by atoms with van der Waals surface area (Å²) in [6.07, 6.45) is 1.88. The van der Waals surface area contributed by atoms with Crippen LogP contribution in [0.2, 0.25) is 0 Å². The molecule has 0 bridgehead atoms. The van der Waals surface area contributed by atoms with Crippen LogP contribution >= 0.6 is 11.3 Å². The molecule has 63 heavy (non-hydrogen) atoms. The van der Waals surface area contributed by atoms with Crippen LogP contribution in [0.15, 0.2) is 200 Å². The molecule has 0 saturated carbocycles. The summed E-state index contributed by atoms with van der Waals surface area (Å²) in [6.45, 7) is 7.32. The standard InChI is InChI=1S/C57H33N5S/c1-58-42-27-24-36(25-28-42)35-20-22-37(23-21-35)49-34-50-44-16-6-5-15-43(44)48(33-51(50)47-18-10-30-59-54(47)49)39-13-9-14-40(31-39)56-60-55(38-11-3-2-4-12-38)61-57(62-56)41-26-29-46-45-17-7-8-19-52(45)63-53(46)32-41/h2-34H. The first-order chi connectivity index (χ1) is 31.1. The molecule has 3 heterocycles. The highest BCUT2D eigenvalue weighted by atomic mass is 32.1. The highest BCUT2D eigenvalue weighted by Crippen LogP contribution is 2.42. The molecule has 12 aromatic rings. The molecule has 0 atom stereocenters. The summed E-state index contributed by atoms with van der Waals surface area (Å²) in [5, 5.41) is 8.24. The first-order valence-corrected chi connectivity index (χ1v) is 21.6. The zero-order chi connectivity index (χ0) is 41.9. The van der Waals surface area contributed by atoms with E-state index in [-0.39, 0.29) is 0 Å². The van der Waals surface area contributed by atoms with Crippen molar-refractivity contribution in [1.29, 1.82) is 0 Å². The highest BCUT2D eigenvalue weighted by Gasteiger charge is 2.18. The highest BCUT2D eigenvalue weighted by molar-refractivity contribution is 7.25. The molecule has 9 aromatic carbocycles. The minimum Gasteiger partial charge on any atom is -0.256 e. The predicted octanol–water partition coefficient (Wildman–Crippen LogP) is 15.6. The maximum Gasteiger partial charge on any atom is 0.187 e. The Bertz CT molecular complexity index is 3790. The van der Waals surface area contributed by atoms with E-state index in [0.29, 0.717) is 23.2 Å². The van der Waals surface area contributed by atoms with Gasteiger partial charge in [-0.1, -0.05) is 158 Å². The lowest BCUT2D eigenvalue weighted by atomic mass is 9.88.